The van der Waals surface area contributed by atoms with Crippen molar-refractivity contribution in [1.29, 1.82) is 0 Å². The number of carbonyl (C=O) groups excluding carboxylic acids is 2. The van der Waals surface area contributed by atoms with E-state index in [2.05, 4.69) is 103 Å². The second-order valence-electron chi connectivity index (χ2n) is 14.4. The topological polar surface area (TPSA) is 172 Å². The molecule has 0 rings (SSSR count). The van der Waals surface area contributed by atoms with E-state index >= 15 is 0 Å². The number of phosphoric ester groups is 1. The maximum Gasteiger partial charge on any atom is 0.472 e. The van der Waals surface area contributed by atoms with Crippen molar-refractivity contribution in [3.8, 4) is 0 Å². The molecule has 1 unspecified atom stereocenters. The molecule has 0 aliphatic rings. The quantitative estimate of drug-likeness (QED) is 0.0232. The smallest absolute Gasteiger partial charge is 0.472 e. The number of phosphoric acid groups is 1. The molecule has 12 heteroatoms. The van der Waals surface area contributed by atoms with E-state index in [0.717, 1.165) is 57.8 Å². The maximum absolute atomic E-state index is 12.6. The normalized spacial score (nSPS) is 14.6. The summed E-state index contributed by atoms with van der Waals surface area (Å²) in [6.45, 7) is 2.57. The van der Waals surface area contributed by atoms with Gasteiger partial charge in [-0.1, -0.05) is 150 Å². The zero-order valence-electron chi connectivity index (χ0n) is 36.8. The van der Waals surface area contributed by atoms with E-state index < -0.39 is 57.7 Å². The van der Waals surface area contributed by atoms with Crippen molar-refractivity contribution in [3.63, 3.8) is 0 Å². The van der Waals surface area contributed by atoms with Crippen molar-refractivity contribution < 1.29 is 47.5 Å². The number of unbranched alkanes of at least 4 members (excludes halogenated alkanes) is 10. The van der Waals surface area contributed by atoms with Crippen molar-refractivity contribution in [1.82, 2.24) is 0 Å². The summed E-state index contributed by atoms with van der Waals surface area (Å²) >= 11 is 0. The van der Waals surface area contributed by atoms with Gasteiger partial charge in [0.15, 0.2) is 6.10 Å². The molecule has 0 aliphatic heterocycles. The van der Waals surface area contributed by atoms with Gasteiger partial charge in [0.2, 0.25) is 0 Å². The molecule has 60 heavy (non-hydrogen) atoms. The fraction of sp³-hybridized carbons (Fsp3) is 0.604. The molecule has 0 fully saturated rings. The standard InChI is InChI=1S/C48H78NO10P/c1-3-5-7-9-11-13-15-17-19-20-21-22-23-24-26-27-29-31-33-35-37-39-46(50)56-41-44(42-57-60(54,55)58-43-45(49)48(52)53)59-47(51)40-38-36-34-32-30-28-25-18-16-14-12-10-8-6-4-2/h6,8,12,14,18-20,22-23,25-27,30-33,44-45H,3-5,7,9-11,13,15-17,21,24,28-29,34-43,49H2,1-2H3,(H,52,53)(H,54,55)/b8-6+,14-12+,20-19+,23-22+,25-18+,27-26+,32-30+,33-31+/t44-,45-/m0/s1. The lowest BCUT2D eigenvalue weighted by Crippen LogP contribution is -2.34. The third-order valence-corrected chi connectivity index (χ3v) is 9.77. The summed E-state index contributed by atoms with van der Waals surface area (Å²) in [6.07, 6.45) is 53.5. The van der Waals surface area contributed by atoms with E-state index in [1.54, 1.807) is 0 Å². The van der Waals surface area contributed by atoms with Gasteiger partial charge in [-0.3, -0.25) is 23.4 Å². The second-order valence-corrected chi connectivity index (χ2v) is 15.9. The Bertz CT molecular complexity index is 1380. The lowest BCUT2D eigenvalue weighted by Gasteiger charge is -2.20. The van der Waals surface area contributed by atoms with Crippen LogP contribution in [-0.4, -0.2) is 59.9 Å². The first-order chi connectivity index (χ1) is 29.1. The highest BCUT2D eigenvalue weighted by Crippen LogP contribution is 2.43. The van der Waals surface area contributed by atoms with Crippen LogP contribution in [0.25, 0.3) is 0 Å². The highest BCUT2D eigenvalue weighted by Gasteiger charge is 2.28. The van der Waals surface area contributed by atoms with Crippen molar-refractivity contribution in [2.24, 2.45) is 5.73 Å². The van der Waals surface area contributed by atoms with Crippen LogP contribution >= 0.6 is 7.82 Å². The molecule has 0 bridgehead atoms. The fourth-order valence-corrected chi connectivity index (χ4v) is 6.12. The summed E-state index contributed by atoms with van der Waals surface area (Å²) in [7, 11) is -4.75. The SMILES string of the molecule is CC/C=C/C/C=C/C/C=C/C/C=C/CCCCC(=O)O[C@@H](COC(=O)CCC/C=C/C/C=C/C/C=C/C/C=C/CCCCCCCCC)COP(=O)(O)OC[C@H](N)C(=O)O. The maximum atomic E-state index is 12.6. The van der Waals surface area contributed by atoms with Crippen LogP contribution in [0.5, 0.6) is 0 Å². The molecule has 0 saturated heterocycles. The van der Waals surface area contributed by atoms with E-state index in [1.165, 1.54) is 51.4 Å². The van der Waals surface area contributed by atoms with Gasteiger partial charge in [-0.25, -0.2) is 4.57 Å². The van der Waals surface area contributed by atoms with Crippen LogP contribution in [0.4, 0.5) is 0 Å². The minimum absolute atomic E-state index is 0.0913. The highest BCUT2D eigenvalue weighted by atomic mass is 31.2. The molecule has 340 valence electrons. The molecule has 0 heterocycles. The van der Waals surface area contributed by atoms with Crippen LogP contribution in [0.1, 0.15) is 155 Å². The number of ether oxygens (including phenoxy) is 2. The summed E-state index contributed by atoms with van der Waals surface area (Å²) in [5.74, 6) is -2.52. The molecule has 0 radical (unpaired) electrons. The molecule has 0 spiro atoms. The first kappa shape index (κ1) is 56.4. The number of aliphatic carboxylic acids is 1. The van der Waals surface area contributed by atoms with Gasteiger partial charge in [0.25, 0.3) is 0 Å². The lowest BCUT2D eigenvalue weighted by molar-refractivity contribution is -0.161. The van der Waals surface area contributed by atoms with Crippen LogP contribution in [0.3, 0.4) is 0 Å². The van der Waals surface area contributed by atoms with Gasteiger partial charge in [-0.05, 0) is 89.9 Å². The molecule has 0 aromatic heterocycles. The third kappa shape index (κ3) is 41.1. The van der Waals surface area contributed by atoms with Crippen LogP contribution in [0.2, 0.25) is 0 Å². The van der Waals surface area contributed by atoms with E-state index in [9.17, 15) is 23.8 Å². The summed E-state index contributed by atoms with van der Waals surface area (Å²) in [6, 6.07) is -1.54. The van der Waals surface area contributed by atoms with E-state index in [0.29, 0.717) is 19.3 Å². The summed E-state index contributed by atoms with van der Waals surface area (Å²) in [5.41, 5.74) is 5.33. The van der Waals surface area contributed by atoms with Gasteiger partial charge in [-0.15, -0.1) is 0 Å². The Kier molecular flexibility index (Phi) is 39.6. The van der Waals surface area contributed by atoms with Crippen LogP contribution in [0.15, 0.2) is 97.2 Å². The highest BCUT2D eigenvalue weighted by molar-refractivity contribution is 7.47. The van der Waals surface area contributed by atoms with Crippen molar-refractivity contribution in [2.45, 2.75) is 167 Å². The van der Waals surface area contributed by atoms with Gasteiger partial charge in [0.1, 0.15) is 12.6 Å². The Morgan fingerprint density at radius 1 is 0.533 bits per heavy atom. The molecule has 0 aromatic carbocycles. The number of esters is 2. The van der Waals surface area contributed by atoms with Crippen LogP contribution in [0, 0.1) is 0 Å². The minimum Gasteiger partial charge on any atom is -0.480 e. The molecule has 0 amide bonds. The summed E-state index contributed by atoms with van der Waals surface area (Å²) < 4.78 is 32.6. The zero-order chi connectivity index (χ0) is 44.2. The van der Waals surface area contributed by atoms with Gasteiger partial charge >= 0.3 is 25.7 Å². The molecule has 11 nitrogen and oxygen atoms in total. The molecule has 0 aliphatic carbocycles. The fourth-order valence-electron chi connectivity index (χ4n) is 5.34. The van der Waals surface area contributed by atoms with E-state index in [1.807, 2.05) is 12.2 Å². The van der Waals surface area contributed by atoms with Crippen molar-refractivity contribution in [3.05, 3.63) is 97.2 Å². The van der Waals surface area contributed by atoms with Crippen LogP contribution < -0.4 is 5.73 Å². The lowest BCUT2D eigenvalue weighted by atomic mass is 10.1. The first-order valence-corrected chi connectivity index (χ1v) is 23.8. The molecular formula is C48H78NO10P. The number of nitrogens with two attached hydrogens (primary N) is 1. The Morgan fingerprint density at radius 3 is 1.45 bits per heavy atom. The average molecular weight is 860 g/mol. The van der Waals surface area contributed by atoms with Gasteiger partial charge in [0.05, 0.1) is 13.2 Å². The predicted molar refractivity (Wildman–Crippen MR) is 244 cm³/mol. The number of hydrogen-bond acceptors (Lipinski definition) is 9. The Labute approximate surface area is 362 Å². The molecule has 0 saturated carbocycles. The number of allylic oxidation sites excluding steroid dienone is 16. The molecule has 3 atom stereocenters. The number of carbonyl (C=O) groups is 3. The van der Waals surface area contributed by atoms with E-state index in [4.69, 9.17) is 24.8 Å². The first-order valence-electron chi connectivity index (χ1n) is 22.3. The molecule has 0 aromatic rings. The van der Waals surface area contributed by atoms with Gasteiger partial charge < -0.3 is 25.2 Å². The Balaban J connectivity index is 4.51. The molecule has 4 N–H and O–H groups in total. The zero-order valence-corrected chi connectivity index (χ0v) is 37.6. The van der Waals surface area contributed by atoms with Gasteiger partial charge in [-0.2, -0.15) is 0 Å². The molecular weight excluding hydrogens is 781 g/mol. The van der Waals surface area contributed by atoms with Crippen molar-refractivity contribution in [2.75, 3.05) is 19.8 Å². The van der Waals surface area contributed by atoms with Crippen LogP contribution in [-0.2, 0) is 37.5 Å². The van der Waals surface area contributed by atoms with E-state index in [-0.39, 0.29) is 12.8 Å². The predicted octanol–water partition coefficient (Wildman–Crippen LogP) is 12.1. The second kappa shape index (κ2) is 42.1. The number of hydrogen-bond donors (Lipinski definition) is 3. The van der Waals surface area contributed by atoms with Crippen molar-refractivity contribution >= 4 is 25.7 Å². The number of carboxylic acids is 1. The number of rotatable bonds is 40. The number of carboxylic acid groups (broad SMARTS) is 1. The Morgan fingerprint density at radius 2 is 0.950 bits per heavy atom. The monoisotopic (exact) mass is 860 g/mol. The average Bonchev–Trinajstić information content (AvgIpc) is 3.22. The van der Waals surface area contributed by atoms with Gasteiger partial charge in [0, 0.05) is 12.8 Å². The summed E-state index contributed by atoms with van der Waals surface area (Å²) in [5, 5.41) is 8.89. The third-order valence-electron chi connectivity index (χ3n) is 8.82. The largest absolute Gasteiger partial charge is 0.480 e. The minimum atomic E-state index is -4.75. The summed E-state index contributed by atoms with van der Waals surface area (Å²) in [4.78, 5) is 45.9. The Hall–Kier alpha value is -3.60.